The Morgan fingerprint density at radius 3 is 2.55 bits per heavy atom. The van der Waals surface area contributed by atoms with Crippen molar-refractivity contribution < 1.29 is 9.90 Å². The molecule has 0 bridgehead atoms. The summed E-state index contributed by atoms with van der Waals surface area (Å²) in [4.78, 5) is 13.2. The number of nitrogens with one attached hydrogen (secondary N) is 1. The molecule has 0 aromatic heterocycles. The Labute approximate surface area is 205 Å². The Kier molecular flexibility index (Phi) is 7.10. The number of benzene rings is 2. The molecule has 1 saturated carbocycles. The summed E-state index contributed by atoms with van der Waals surface area (Å²) in [6.07, 6.45) is 2.97. The van der Waals surface area contributed by atoms with Crippen LogP contribution in [0.5, 0.6) is 0 Å². The van der Waals surface area contributed by atoms with Gasteiger partial charge in [-0.15, -0.1) is 0 Å². The normalized spacial score (nSPS) is 26.0. The van der Waals surface area contributed by atoms with Gasteiger partial charge in [0.25, 0.3) is 5.91 Å². The highest BCUT2D eigenvalue weighted by Gasteiger charge is 2.41. The number of hydrogen-bond acceptors (Lipinski definition) is 4. The third-order valence-corrected chi connectivity index (χ3v) is 7.29. The molecule has 1 fully saturated rings. The molecule has 1 aliphatic carbocycles. The van der Waals surface area contributed by atoms with Gasteiger partial charge in [-0.3, -0.25) is 9.80 Å². The Balaban J connectivity index is 1.68. The quantitative estimate of drug-likeness (QED) is 0.471. The van der Waals surface area contributed by atoms with E-state index >= 15 is 0 Å². The van der Waals surface area contributed by atoms with Crippen LogP contribution in [0.15, 0.2) is 47.6 Å². The largest absolute Gasteiger partial charge is 0.391 e. The van der Waals surface area contributed by atoms with Gasteiger partial charge < -0.3 is 10.4 Å². The molecule has 0 radical (unpaired) electrons. The van der Waals surface area contributed by atoms with Crippen LogP contribution in [0, 0.1) is 9.49 Å². The number of aliphatic hydroxyl groups is 1. The summed E-state index contributed by atoms with van der Waals surface area (Å²) in [5.41, 5.74) is 2.18. The minimum absolute atomic E-state index is 0.174. The fourth-order valence-electron chi connectivity index (χ4n) is 4.37. The first-order chi connectivity index (χ1) is 14.8. The van der Waals surface area contributed by atoms with E-state index in [2.05, 4.69) is 40.0 Å². The molecular formula is C23H24Cl2IN3O2. The lowest BCUT2D eigenvalue weighted by atomic mass is 9.89. The van der Waals surface area contributed by atoms with Crippen LogP contribution < -0.4 is 10.3 Å². The fraction of sp³-hybridized carbons (Fsp3) is 0.391. The fourth-order valence-corrected chi connectivity index (χ4v) is 5.22. The summed E-state index contributed by atoms with van der Waals surface area (Å²) in [5, 5.41) is 20.9. The molecule has 1 amide bonds. The van der Waals surface area contributed by atoms with Crippen LogP contribution in [0.4, 0.5) is 5.69 Å². The van der Waals surface area contributed by atoms with E-state index in [4.69, 9.17) is 28.3 Å². The van der Waals surface area contributed by atoms with Gasteiger partial charge in [0.05, 0.1) is 28.9 Å². The van der Waals surface area contributed by atoms with Crippen molar-refractivity contribution in [2.75, 3.05) is 5.01 Å². The number of carbonyl (C=O) groups excluding carboxylic acids is 1. The van der Waals surface area contributed by atoms with Gasteiger partial charge in [0, 0.05) is 14.5 Å². The number of halogens is 3. The Bertz CT molecular complexity index is 999. The molecule has 0 unspecified atom stereocenters. The summed E-state index contributed by atoms with van der Waals surface area (Å²) in [6.45, 7) is 2.00. The molecular weight excluding hydrogens is 548 g/mol. The molecule has 4 atom stereocenters. The molecule has 2 aromatic carbocycles. The van der Waals surface area contributed by atoms with Gasteiger partial charge in [0.2, 0.25) is 0 Å². The maximum Gasteiger partial charge on any atom is 0.268 e. The summed E-state index contributed by atoms with van der Waals surface area (Å²) in [7, 11) is 0. The van der Waals surface area contributed by atoms with Gasteiger partial charge in [-0.25, -0.2) is 0 Å². The summed E-state index contributed by atoms with van der Waals surface area (Å²) < 4.78 is 1.13. The lowest BCUT2D eigenvalue weighted by Crippen LogP contribution is -2.48. The summed E-state index contributed by atoms with van der Waals surface area (Å²) in [5.74, 6) is -0.408. The predicted molar refractivity (Wildman–Crippen MR) is 134 cm³/mol. The molecule has 8 heteroatoms. The van der Waals surface area contributed by atoms with Crippen LogP contribution in [-0.2, 0) is 4.79 Å². The number of rotatable bonds is 4. The molecule has 31 heavy (non-hydrogen) atoms. The topological polar surface area (TPSA) is 64.9 Å². The van der Waals surface area contributed by atoms with Crippen LogP contribution in [0.1, 0.15) is 44.2 Å². The van der Waals surface area contributed by atoms with Crippen molar-refractivity contribution in [1.82, 2.24) is 5.32 Å². The molecule has 2 aromatic rings. The number of amides is 1. The third-order valence-electron chi connectivity index (χ3n) is 6.03. The van der Waals surface area contributed by atoms with E-state index in [0.29, 0.717) is 27.9 Å². The lowest BCUT2D eigenvalue weighted by molar-refractivity contribution is -0.116. The highest BCUT2D eigenvalue weighted by Crippen LogP contribution is 2.42. The molecule has 2 N–H and O–H groups in total. The van der Waals surface area contributed by atoms with Crippen LogP contribution in [0.3, 0.4) is 0 Å². The maximum atomic E-state index is 13.2. The highest BCUT2D eigenvalue weighted by molar-refractivity contribution is 14.1. The van der Waals surface area contributed by atoms with Crippen LogP contribution >= 0.6 is 45.8 Å². The van der Waals surface area contributed by atoms with E-state index in [-0.39, 0.29) is 23.9 Å². The van der Waals surface area contributed by atoms with E-state index in [0.717, 1.165) is 28.4 Å². The molecule has 164 valence electrons. The second kappa shape index (κ2) is 9.65. The van der Waals surface area contributed by atoms with Crippen molar-refractivity contribution in [1.29, 1.82) is 0 Å². The molecule has 0 saturated heterocycles. The second-order valence-corrected chi connectivity index (χ2v) is 10.2. The number of nitrogens with zero attached hydrogens (tertiary/aromatic N) is 2. The number of anilines is 1. The van der Waals surface area contributed by atoms with Crippen molar-refractivity contribution in [3.63, 3.8) is 0 Å². The Hall–Kier alpha value is -1.35. The molecule has 5 nitrogen and oxygen atoms in total. The summed E-state index contributed by atoms with van der Waals surface area (Å²) >= 11 is 14.9. The molecule has 1 heterocycles. The lowest BCUT2D eigenvalue weighted by Gasteiger charge is -2.29. The average molecular weight is 572 g/mol. The number of hydrogen-bond donors (Lipinski definition) is 2. The smallest absolute Gasteiger partial charge is 0.268 e. The van der Waals surface area contributed by atoms with Gasteiger partial charge in [0.1, 0.15) is 5.71 Å². The zero-order valence-electron chi connectivity index (χ0n) is 17.1. The van der Waals surface area contributed by atoms with E-state index in [1.165, 1.54) is 0 Å². The third kappa shape index (κ3) is 4.87. The van der Waals surface area contributed by atoms with Crippen LogP contribution in [0.25, 0.3) is 0 Å². The van der Waals surface area contributed by atoms with Crippen molar-refractivity contribution in [3.8, 4) is 0 Å². The summed E-state index contributed by atoms with van der Waals surface area (Å²) in [6, 6.07) is 13.1. The van der Waals surface area contributed by atoms with Crippen molar-refractivity contribution in [2.24, 2.45) is 11.0 Å². The van der Waals surface area contributed by atoms with Gasteiger partial charge in [0.15, 0.2) is 0 Å². The predicted octanol–water partition coefficient (Wildman–Crippen LogP) is 5.57. The first-order valence-corrected chi connectivity index (χ1v) is 12.3. The SMILES string of the molecule is C[C@H]1C(C(=O)N[C@H]2CCCC[C@@H]2O)=NN(c2ccc(Cl)cc2Cl)[C@H]1c1ccc(I)cc1. The first kappa shape index (κ1) is 22.8. The maximum absolute atomic E-state index is 13.2. The molecule has 4 rings (SSSR count). The standard InChI is InChI=1S/C23H24Cl2IN3O2/c1-13-21(23(31)27-18-4-2-3-5-20(18)30)28-29(19-11-8-15(24)12-17(19)25)22(13)14-6-9-16(26)10-7-14/h6-13,18,20,22,30H,2-5H2,1H3,(H,27,31)/t13-,18-,20-,22+/m0/s1. The van der Waals surface area contributed by atoms with Gasteiger partial charge in [-0.05, 0) is 71.3 Å². The molecule has 0 spiro atoms. The first-order valence-electron chi connectivity index (χ1n) is 10.4. The molecule has 2 aliphatic rings. The van der Waals surface area contributed by atoms with E-state index < -0.39 is 6.10 Å². The zero-order valence-corrected chi connectivity index (χ0v) is 20.7. The number of carbonyl (C=O) groups is 1. The van der Waals surface area contributed by atoms with Crippen molar-refractivity contribution in [3.05, 3.63) is 61.6 Å². The average Bonchev–Trinajstić information content (AvgIpc) is 3.07. The monoisotopic (exact) mass is 571 g/mol. The second-order valence-electron chi connectivity index (χ2n) is 8.14. The highest BCUT2D eigenvalue weighted by atomic mass is 127. The van der Waals surface area contributed by atoms with Crippen molar-refractivity contribution >= 4 is 63.1 Å². The zero-order chi connectivity index (χ0) is 22.1. The van der Waals surface area contributed by atoms with Gasteiger partial charge >= 0.3 is 0 Å². The minimum atomic E-state index is -0.510. The van der Waals surface area contributed by atoms with Gasteiger partial charge in [-0.2, -0.15) is 5.10 Å². The number of aliphatic hydroxyl groups excluding tert-OH is 1. The van der Waals surface area contributed by atoms with E-state index in [1.54, 1.807) is 12.1 Å². The van der Waals surface area contributed by atoms with E-state index in [9.17, 15) is 9.90 Å². The van der Waals surface area contributed by atoms with Crippen LogP contribution in [0.2, 0.25) is 10.0 Å². The van der Waals surface area contributed by atoms with E-state index in [1.807, 2.05) is 30.1 Å². The Morgan fingerprint density at radius 2 is 1.87 bits per heavy atom. The van der Waals surface area contributed by atoms with Gasteiger partial charge in [-0.1, -0.05) is 55.1 Å². The Morgan fingerprint density at radius 1 is 1.16 bits per heavy atom. The van der Waals surface area contributed by atoms with Crippen molar-refractivity contribution in [2.45, 2.75) is 50.8 Å². The van der Waals surface area contributed by atoms with Crippen LogP contribution in [-0.4, -0.2) is 28.9 Å². The molecule has 1 aliphatic heterocycles. The minimum Gasteiger partial charge on any atom is -0.391 e. The number of hydrazone groups is 1.